The summed E-state index contributed by atoms with van der Waals surface area (Å²) in [5, 5.41) is 3.55. The standard InChI is InChI=1S/C29H33Cl2N3O4S/c1-20-12-9-10-17-26(20)34(39(37,38)22-13-7-6-8-14-22)19-27(35)33(21(2)28(36)32-29(3,4)5)18-23-24(30)15-11-16-25(23)31/h6-17,21H,18-19H2,1-5H3,(H,32,36)/t21-/m0/s1. The van der Waals surface area contributed by atoms with Crippen LogP contribution in [-0.2, 0) is 26.2 Å². The Balaban J connectivity index is 2.08. The van der Waals surface area contributed by atoms with Crippen LogP contribution >= 0.6 is 23.2 Å². The summed E-state index contributed by atoms with van der Waals surface area (Å²) in [5.41, 5.74) is 0.936. The Kier molecular flexibility index (Phi) is 9.69. The number of benzene rings is 3. The number of nitrogens with one attached hydrogen (secondary N) is 1. The number of nitrogens with zero attached hydrogens (tertiary/aromatic N) is 2. The highest BCUT2D eigenvalue weighted by Gasteiger charge is 2.34. The number of anilines is 1. The molecule has 0 unspecified atom stereocenters. The van der Waals surface area contributed by atoms with Crippen LogP contribution in [0, 0.1) is 6.92 Å². The van der Waals surface area contributed by atoms with Gasteiger partial charge in [-0.05, 0) is 70.5 Å². The monoisotopic (exact) mass is 589 g/mol. The molecule has 3 rings (SSSR count). The van der Waals surface area contributed by atoms with Crippen LogP contribution in [0.2, 0.25) is 10.0 Å². The Morgan fingerprint density at radius 3 is 2.03 bits per heavy atom. The number of sulfonamides is 1. The topological polar surface area (TPSA) is 86.8 Å². The van der Waals surface area contributed by atoms with Crippen molar-refractivity contribution in [3.05, 3.63) is 94.0 Å². The van der Waals surface area contributed by atoms with Gasteiger partial charge in [-0.1, -0.05) is 65.7 Å². The van der Waals surface area contributed by atoms with E-state index in [0.29, 0.717) is 26.9 Å². The van der Waals surface area contributed by atoms with E-state index in [1.54, 1.807) is 74.5 Å². The van der Waals surface area contributed by atoms with Gasteiger partial charge in [-0.3, -0.25) is 13.9 Å². The SMILES string of the molecule is Cc1ccccc1N(CC(=O)N(Cc1c(Cl)cccc1Cl)[C@@H](C)C(=O)NC(C)(C)C)S(=O)(=O)c1ccccc1. The Morgan fingerprint density at radius 1 is 0.897 bits per heavy atom. The van der Waals surface area contributed by atoms with Crippen molar-refractivity contribution in [3.8, 4) is 0 Å². The number of halogens is 2. The lowest BCUT2D eigenvalue weighted by atomic mass is 10.1. The van der Waals surface area contributed by atoms with Crippen LogP contribution in [0.25, 0.3) is 0 Å². The molecule has 0 heterocycles. The Labute approximate surface area is 240 Å². The van der Waals surface area contributed by atoms with Gasteiger partial charge in [-0.25, -0.2) is 8.42 Å². The molecule has 0 saturated heterocycles. The lowest BCUT2D eigenvalue weighted by Gasteiger charge is -2.34. The molecule has 3 aromatic rings. The smallest absolute Gasteiger partial charge is 0.264 e. The van der Waals surface area contributed by atoms with Crippen molar-refractivity contribution in [2.45, 2.75) is 57.6 Å². The lowest BCUT2D eigenvalue weighted by Crippen LogP contribution is -2.54. The Morgan fingerprint density at radius 2 is 1.46 bits per heavy atom. The van der Waals surface area contributed by atoms with Gasteiger partial charge < -0.3 is 10.2 Å². The third-order valence-electron chi connectivity index (χ3n) is 6.05. The predicted molar refractivity (Wildman–Crippen MR) is 157 cm³/mol. The lowest BCUT2D eigenvalue weighted by molar-refractivity contribution is -0.140. The maximum absolute atomic E-state index is 14.0. The third kappa shape index (κ3) is 7.53. The molecule has 2 amide bonds. The van der Waals surface area contributed by atoms with E-state index in [2.05, 4.69) is 5.32 Å². The first-order chi connectivity index (χ1) is 18.2. The highest BCUT2D eigenvalue weighted by Crippen LogP contribution is 2.29. The number of hydrogen-bond donors (Lipinski definition) is 1. The average molecular weight is 591 g/mol. The Hall–Kier alpha value is -3.07. The van der Waals surface area contributed by atoms with Crippen LogP contribution in [0.5, 0.6) is 0 Å². The maximum atomic E-state index is 14.0. The second kappa shape index (κ2) is 12.4. The van der Waals surface area contributed by atoms with Crippen LogP contribution in [0.1, 0.15) is 38.8 Å². The quantitative estimate of drug-likeness (QED) is 0.340. The molecular weight excluding hydrogens is 557 g/mol. The number of carbonyl (C=O) groups excluding carboxylic acids is 2. The number of carbonyl (C=O) groups is 2. The van der Waals surface area contributed by atoms with Crippen LogP contribution < -0.4 is 9.62 Å². The van der Waals surface area contributed by atoms with E-state index in [1.165, 1.54) is 17.0 Å². The fourth-order valence-corrected chi connectivity index (χ4v) is 6.00. The largest absolute Gasteiger partial charge is 0.350 e. The van der Waals surface area contributed by atoms with Gasteiger partial charge in [0.25, 0.3) is 10.0 Å². The van der Waals surface area contributed by atoms with Gasteiger partial charge in [-0.2, -0.15) is 0 Å². The summed E-state index contributed by atoms with van der Waals surface area (Å²) in [4.78, 5) is 28.5. The van der Waals surface area contributed by atoms with Crippen molar-refractivity contribution in [1.82, 2.24) is 10.2 Å². The molecule has 0 bridgehead atoms. The summed E-state index contributed by atoms with van der Waals surface area (Å²) < 4.78 is 28.7. The highest BCUT2D eigenvalue weighted by molar-refractivity contribution is 7.92. The molecule has 0 saturated carbocycles. The first-order valence-electron chi connectivity index (χ1n) is 12.4. The van der Waals surface area contributed by atoms with E-state index in [1.807, 2.05) is 20.8 Å². The molecule has 0 radical (unpaired) electrons. The van der Waals surface area contributed by atoms with E-state index in [9.17, 15) is 18.0 Å². The summed E-state index contributed by atoms with van der Waals surface area (Å²) >= 11 is 12.8. The molecule has 7 nitrogen and oxygen atoms in total. The molecule has 1 N–H and O–H groups in total. The molecule has 3 aromatic carbocycles. The molecule has 1 atom stereocenters. The van der Waals surface area contributed by atoms with Crippen LogP contribution in [0.3, 0.4) is 0 Å². The fraction of sp³-hybridized carbons (Fsp3) is 0.310. The van der Waals surface area contributed by atoms with Gasteiger partial charge in [0.05, 0.1) is 10.6 Å². The van der Waals surface area contributed by atoms with E-state index >= 15 is 0 Å². The van der Waals surface area contributed by atoms with Crippen molar-refractivity contribution in [3.63, 3.8) is 0 Å². The van der Waals surface area contributed by atoms with E-state index < -0.39 is 40.0 Å². The zero-order valence-electron chi connectivity index (χ0n) is 22.6. The maximum Gasteiger partial charge on any atom is 0.264 e. The van der Waals surface area contributed by atoms with Gasteiger partial charge >= 0.3 is 0 Å². The number of para-hydroxylation sites is 1. The molecule has 10 heteroatoms. The molecule has 0 aliphatic heterocycles. The molecular formula is C29H33Cl2N3O4S. The predicted octanol–water partition coefficient (Wildman–Crippen LogP) is 5.83. The van der Waals surface area contributed by atoms with Crippen LogP contribution in [0.4, 0.5) is 5.69 Å². The molecule has 0 aromatic heterocycles. The highest BCUT2D eigenvalue weighted by atomic mass is 35.5. The second-order valence-electron chi connectivity index (χ2n) is 10.2. The minimum Gasteiger partial charge on any atom is -0.350 e. The fourth-order valence-electron chi connectivity index (χ4n) is 3.99. The number of rotatable bonds is 9. The van der Waals surface area contributed by atoms with E-state index in [4.69, 9.17) is 23.2 Å². The first-order valence-corrected chi connectivity index (χ1v) is 14.6. The van der Waals surface area contributed by atoms with Crippen molar-refractivity contribution in [2.24, 2.45) is 0 Å². The minimum atomic E-state index is -4.14. The molecule has 39 heavy (non-hydrogen) atoms. The summed E-state index contributed by atoms with van der Waals surface area (Å²) in [5.74, 6) is -0.988. The normalized spacial score (nSPS) is 12.5. The molecule has 0 spiro atoms. The zero-order valence-corrected chi connectivity index (χ0v) is 24.9. The zero-order chi connectivity index (χ0) is 29.0. The second-order valence-corrected chi connectivity index (χ2v) is 12.9. The molecule has 208 valence electrons. The molecule has 0 aliphatic carbocycles. The summed E-state index contributed by atoms with van der Waals surface area (Å²) in [6.45, 7) is 8.23. The molecule has 0 fully saturated rings. The van der Waals surface area contributed by atoms with Gasteiger partial charge in [0, 0.05) is 27.7 Å². The van der Waals surface area contributed by atoms with Crippen molar-refractivity contribution in [1.29, 1.82) is 0 Å². The number of hydrogen-bond acceptors (Lipinski definition) is 4. The van der Waals surface area contributed by atoms with Crippen LogP contribution in [0.15, 0.2) is 77.7 Å². The van der Waals surface area contributed by atoms with Crippen molar-refractivity contribution >= 4 is 50.7 Å². The number of aryl methyl sites for hydroxylation is 1. The van der Waals surface area contributed by atoms with Crippen molar-refractivity contribution in [2.75, 3.05) is 10.8 Å². The Bertz CT molecular complexity index is 1420. The van der Waals surface area contributed by atoms with E-state index in [-0.39, 0.29) is 11.4 Å². The minimum absolute atomic E-state index is 0.0419. The van der Waals surface area contributed by atoms with Gasteiger partial charge in [0.15, 0.2) is 0 Å². The molecule has 0 aliphatic rings. The van der Waals surface area contributed by atoms with Crippen LogP contribution in [-0.4, -0.2) is 43.3 Å². The summed E-state index contributed by atoms with van der Waals surface area (Å²) in [7, 11) is -4.14. The summed E-state index contributed by atoms with van der Waals surface area (Å²) in [6.07, 6.45) is 0. The van der Waals surface area contributed by atoms with E-state index in [0.717, 1.165) is 4.31 Å². The third-order valence-corrected chi connectivity index (χ3v) is 8.53. The summed E-state index contributed by atoms with van der Waals surface area (Å²) in [6, 6.07) is 18.8. The van der Waals surface area contributed by atoms with Gasteiger partial charge in [0.2, 0.25) is 11.8 Å². The van der Waals surface area contributed by atoms with Gasteiger partial charge in [-0.15, -0.1) is 0 Å². The van der Waals surface area contributed by atoms with Crippen molar-refractivity contribution < 1.29 is 18.0 Å². The first kappa shape index (κ1) is 30.5. The number of amides is 2. The average Bonchev–Trinajstić information content (AvgIpc) is 2.86. The van der Waals surface area contributed by atoms with Gasteiger partial charge in [0.1, 0.15) is 12.6 Å².